The van der Waals surface area contributed by atoms with Gasteiger partial charge in [-0.2, -0.15) is 0 Å². The zero-order chi connectivity index (χ0) is 9.14. The summed E-state index contributed by atoms with van der Waals surface area (Å²) in [5, 5.41) is 0. The van der Waals surface area contributed by atoms with Crippen LogP contribution in [0.3, 0.4) is 0 Å². The van der Waals surface area contributed by atoms with Crippen molar-refractivity contribution in [3.63, 3.8) is 0 Å². The molecule has 0 aromatic heterocycles. The lowest BCUT2D eigenvalue weighted by Gasteiger charge is -2.10. The Morgan fingerprint density at radius 2 is 1.36 bits per heavy atom. The van der Waals surface area contributed by atoms with Gasteiger partial charge in [0, 0.05) is 0 Å². The van der Waals surface area contributed by atoms with Crippen molar-refractivity contribution in [3.05, 3.63) is 28.8 Å². The molecular formula is C11H19BO2. The van der Waals surface area contributed by atoms with Crippen LogP contribution in [0.1, 0.15) is 30.5 Å². The monoisotopic (exact) mass is 194 g/mol. The zero-order valence-corrected chi connectivity index (χ0v) is 9.15. The van der Waals surface area contributed by atoms with Crippen molar-refractivity contribution in [2.75, 3.05) is 0 Å². The van der Waals surface area contributed by atoms with E-state index in [0.29, 0.717) is 0 Å². The van der Waals surface area contributed by atoms with E-state index in [1.165, 1.54) is 16.7 Å². The standard InChI is InChI=1S/C11H15B.2H2O/c1-4-9-6-8(3)7-10(5-2)11(9)12;;/h6-7H,4-5H2,1-3H3;2*1H2. The lowest BCUT2D eigenvalue weighted by molar-refractivity contribution is 0.823. The van der Waals surface area contributed by atoms with Crippen molar-refractivity contribution in [1.82, 2.24) is 0 Å². The van der Waals surface area contributed by atoms with Crippen LogP contribution in [0, 0.1) is 6.92 Å². The van der Waals surface area contributed by atoms with E-state index < -0.39 is 0 Å². The average molecular weight is 194 g/mol. The Balaban J connectivity index is 0. The van der Waals surface area contributed by atoms with Crippen molar-refractivity contribution in [2.45, 2.75) is 33.6 Å². The Hall–Kier alpha value is -0.795. The normalized spacial score (nSPS) is 8.79. The van der Waals surface area contributed by atoms with Crippen LogP contribution in [-0.4, -0.2) is 18.8 Å². The molecule has 14 heavy (non-hydrogen) atoms. The summed E-state index contributed by atoms with van der Waals surface area (Å²) >= 11 is 0. The van der Waals surface area contributed by atoms with Crippen molar-refractivity contribution >= 4 is 13.3 Å². The first-order chi connectivity index (χ1) is 5.69. The van der Waals surface area contributed by atoms with Crippen LogP contribution < -0.4 is 5.46 Å². The molecule has 4 N–H and O–H groups in total. The molecule has 0 heterocycles. The second kappa shape index (κ2) is 6.63. The molecule has 1 aromatic rings. The average Bonchev–Trinajstić information content (AvgIpc) is 2.08. The van der Waals surface area contributed by atoms with Crippen LogP contribution in [0.5, 0.6) is 0 Å². The van der Waals surface area contributed by atoms with Crippen LogP contribution in [0.25, 0.3) is 0 Å². The van der Waals surface area contributed by atoms with Crippen LogP contribution in [-0.2, 0) is 12.8 Å². The van der Waals surface area contributed by atoms with E-state index in [1.807, 2.05) is 0 Å². The fourth-order valence-electron chi connectivity index (χ4n) is 1.54. The summed E-state index contributed by atoms with van der Waals surface area (Å²) in [5.41, 5.74) is 4.88. The van der Waals surface area contributed by atoms with E-state index >= 15 is 0 Å². The Labute approximate surface area is 87.4 Å². The van der Waals surface area contributed by atoms with E-state index in [-0.39, 0.29) is 11.0 Å². The highest BCUT2D eigenvalue weighted by molar-refractivity contribution is 6.34. The summed E-state index contributed by atoms with van der Waals surface area (Å²) in [6.07, 6.45) is 2.06. The summed E-state index contributed by atoms with van der Waals surface area (Å²) in [7, 11) is 5.97. The van der Waals surface area contributed by atoms with Crippen molar-refractivity contribution < 1.29 is 11.0 Å². The summed E-state index contributed by atoms with van der Waals surface area (Å²) in [4.78, 5) is 0. The molecule has 0 spiro atoms. The van der Waals surface area contributed by atoms with Gasteiger partial charge in [-0.3, -0.25) is 0 Å². The van der Waals surface area contributed by atoms with Crippen molar-refractivity contribution in [1.29, 1.82) is 0 Å². The van der Waals surface area contributed by atoms with Crippen LogP contribution >= 0.6 is 0 Å². The number of hydrogen-bond acceptors (Lipinski definition) is 0. The van der Waals surface area contributed by atoms with Gasteiger partial charge in [0.1, 0.15) is 7.85 Å². The predicted octanol–water partition coefficient (Wildman–Crippen LogP) is 0.264. The minimum atomic E-state index is 0. The number of rotatable bonds is 2. The molecule has 0 saturated carbocycles. The van der Waals surface area contributed by atoms with Gasteiger partial charge >= 0.3 is 0 Å². The van der Waals surface area contributed by atoms with Gasteiger partial charge in [0.2, 0.25) is 0 Å². The van der Waals surface area contributed by atoms with E-state index in [1.54, 1.807) is 0 Å². The minimum Gasteiger partial charge on any atom is -0.412 e. The summed E-state index contributed by atoms with van der Waals surface area (Å²) in [6.45, 7) is 6.41. The lowest BCUT2D eigenvalue weighted by atomic mass is 9.83. The first kappa shape index (κ1) is 15.7. The third kappa shape index (κ3) is 3.16. The number of aryl methyl sites for hydroxylation is 3. The second-order valence-electron chi connectivity index (χ2n) is 3.20. The molecule has 2 radical (unpaired) electrons. The SMILES string of the molecule is O.O.[B]c1c(CC)cc(C)cc1CC. The molecule has 0 aliphatic rings. The Morgan fingerprint density at radius 3 is 1.64 bits per heavy atom. The maximum absolute atomic E-state index is 5.97. The summed E-state index contributed by atoms with van der Waals surface area (Å²) < 4.78 is 0. The Bertz CT molecular complexity index is 260. The predicted molar refractivity (Wildman–Crippen MR) is 62.6 cm³/mol. The maximum atomic E-state index is 5.97. The molecule has 0 saturated heterocycles. The molecule has 0 amide bonds. The highest BCUT2D eigenvalue weighted by atomic mass is 16.0. The molecule has 0 aliphatic heterocycles. The van der Waals surface area contributed by atoms with Gasteiger partial charge in [-0.15, -0.1) is 0 Å². The first-order valence-corrected chi connectivity index (χ1v) is 4.56. The van der Waals surface area contributed by atoms with Crippen LogP contribution in [0.4, 0.5) is 0 Å². The highest BCUT2D eigenvalue weighted by Gasteiger charge is 2.01. The first-order valence-electron chi connectivity index (χ1n) is 4.56. The van der Waals surface area contributed by atoms with Gasteiger partial charge in [-0.1, -0.05) is 48.1 Å². The van der Waals surface area contributed by atoms with E-state index in [2.05, 4.69) is 32.9 Å². The molecule has 1 rings (SSSR count). The quantitative estimate of drug-likeness (QED) is 0.606. The summed E-state index contributed by atoms with van der Waals surface area (Å²) in [6, 6.07) is 4.35. The van der Waals surface area contributed by atoms with Crippen LogP contribution in [0.2, 0.25) is 0 Å². The maximum Gasteiger partial charge on any atom is 0.114 e. The zero-order valence-electron chi connectivity index (χ0n) is 9.15. The number of hydrogen-bond donors (Lipinski definition) is 0. The lowest BCUT2D eigenvalue weighted by Crippen LogP contribution is -2.15. The fourth-order valence-corrected chi connectivity index (χ4v) is 1.54. The molecule has 0 fully saturated rings. The topological polar surface area (TPSA) is 63.0 Å². The third-order valence-electron chi connectivity index (χ3n) is 2.26. The van der Waals surface area contributed by atoms with Crippen molar-refractivity contribution in [2.24, 2.45) is 0 Å². The van der Waals surface area contributed by atoms with Gasteiger partial charge in [0.05, 0.1) is 0 Å². The van der Waals surface area contributed by atoms with Gasteiger partial charge in [-0.05, 0) is 19.8 Å². The molecule has 0 atom stereocenters. The molecular weight excluding hydrogens is 175 g/mol. The molecule has 0 bridgehead atoms. The Kier molecular flexibility index (Phi) is 7.42. The molecule has 2 nitrogen and oxygen atoms in total. The fraction of sp³-hybridized carbons (Fsp3) is 0.455. The highest BCUT2D eigenvalue weighted by Crippen LogP contribution is 2.07. The number of benzene rings is 1. The largest absolute Gasteiger partial charge is 0.412 e. The van der Waals surface area contributed by atoms with Crippen molar-refractivity contribution in [3.8, 4) is 0 Å². The summed E-state index contributed by atoms with van der Waals surface area (Å²) in [5.74, 6) is 0. The minimum absolute atomic E-state index is 0. The van der Waals surface area contributed by atoms with Gasteiger partial charge < -0.3 is 11.0 Å². The molecule has 0 unspecified atom stereocenters. The molecule has 1 aromatic carbocycles. The molecule has 3 heteroatoms. The van der Waals surface area contributed by atoms with E-state index in [9.17, 15) is 0 Å². The third-order valence-corrected chi connectivity index (χ3v) is 2.26. The molecule has 0 aliphatic carbocycles. The Morgan fingerprint density at radius 1 is 1.00 bits per heavy atom. The molecule has 78 valence electrons. The van der Waals surface area contributed by atoms with E-state index in [4.69, 9.17) is 7.85 Å². The van der Waals surface area contributed by atoms with Gasteiger partial charge in [0.15, 0.2) is 0 Å². The van der Waals surface area contributed by atoms with Crippen LogP contribution in [0.15, 0.2) is 12.1 Å². The second-order valence-corrected chi connectivity index (χ2v) is 3.20. The van der Waals surface area contributed by atoms with Gasteiger partial charge in [-0.25, -0.2) is 0 Å². The smallest absolute Gasteiger partial charge is 0.114 e. The van der Waals surface area contributed by atoms with Gasteiger partial charge in [0.25, 0.3) is 0 Å². The van der Waals surface area contributed by atoms with E-state index in [0.717, 1.165) is 18.3 Å².